The van der Waals surface area contributed by atoms with Gasteiger partial charge in [-0.2, -0.15) is 0 Å². The molecule has 1 amide bonds. The maximum Gasteiger partial charge on any atom is 0.237 e. The molecular weight excluding hydrogens is 316 g/mol. The molecule has 3 rings (SSSR count). The molecule has 0 aliphatic carbocycles. The van der Waals surface area contributed by atoms with Crippen molar-refractivity contribution in [3.8, 4) is 0 Å². The van der Waals surface area contributed by atoms with Crippen LogP contribution < -0.4 is 10.6 Å². The molecule has 25 heavy (non-hydrogen) atoms. The number of ether oxygens (including phenoxy) is 1. The first-order valence-corrected chi connectivity index (χ1v) is 9.17. The highest BCUT2D eigenvalue weighted by Gasteiger charge is 2.37. The average Bonchev–Trinajstić information content (AvgIpc) is 3.11. The molecule has 2 heterocycles. The summed E-state index contributed by atoms with van der Waals surface area (Å²) in [6, 6.07) is 8.16. The van der Waals surface area contributed by atoms with Crippen LogP contribution in [0.1, 0.15) is 37.3 Å². The normalized spacial score (nSPS) is 25.5. The van der Waals surface area contributed by atoms with Gasteiger partial charge in [0.15, 0.2) is 0 Å². The van der Waals surface area contributed by atoms with Gasteiger partial charge >= 0.3 is 0 Å². The molecule has 136 valence electrons. The zero-order chi connectivity index (χ0) is 17.9. The Morgan fingerprint density at radius 1 is 1.28 bits per heavy atom. The third-order valence-corrected chi connectivity index (χ3v) is 5.79. The van der Waals surface area contributed by atoms with Crippen LogP contribution in [0.3, 0.4) is 0 Å². The minimum Gasteiger partial charge on any atom is -0.381 e. The summed E-state index contributed by atoms with van der Waals surface area (Å²) in [5.74, 6) is 0.121. The lowest BCUT2D eigenvalue weighted by Crippen LogP contribution is -2.49. The van der Waals surface area contributed by atoms with Gasteiger partial charge in [-0.15, -0.1) is 0 Å². The van der Waals surface area contributed by atoms with E-state index in [4.69, 9.17) is 4.74 Å². The van der Waals surface area contributed by atoms with Crippen LogP contribution in [0.4, 0.5) is 0 Å². The van der Waals surface area contributed by atoms with Crippen molar-refractivity contribution in [3.63, 3.8) is 0 Å². The SMILES string of the molecule is CC(=O)C1CNC(C(=O)NCC2(c3ccccc3C)CCOCC2)C1. The van der Waals surface area contributed by atoms with Gasteiger partial charge in [0.1, 0.15) is 5.78 Å². The summed E-state index contributed by atoms with van der Waals surface area (Å²) in [6.45, 7) is 6.38. The molecule has 1 aromatic rings. The Morgan fingerprint density at radius 3 is 2.64 bits per heavy atom. The number of benzene rings is 1. The second-order valence-corrected chi connectivity index (χ2v) is 7.43. The summed E-state index contributed by atoms with van der Waals surface area (Å²) in [5, 5.41) is 6.33. The maximum atomic E-state index is 12.6. The molecule has 0 bridgehead atoms. The third-order valence-electron chi connectivity index (χ3n) is 5.79. The van der Waals surface area contributed by atoms with E-state index in [9.17, 15) is 9.59 Å². The molecule has 1 aromatic carbocycles. The number of aryl methyl sites for hydroxylation is 1. The number of ketones is 1. The van der Waals surface area contributed by atoms with Gasteiger partial charge in [0.05, 0.1) is 6.04 Å². The van der Waals surface area contributed by atoms with E-state index < -0.39 is 0 Å². The van der Waals surface area contributed by atoms with E-state index in [2.05, 4.69) is 41.8 Å². The number of Topliss-reactive ketones (excluding diaryl/α,β-unsaturated/α-hetero) is 1. The van der Waals surface area contributed by atoms with E-state index in [1.54, 1.807) is 6.92 Å². The molecule has 0 spiro atoms. The highest BCUT2D eigenvalue weighted by Crippen LogP contribution is 2.36. The Balaban J connectivity index is 1.69. The molecule has 2 atom stereocenters. The topological polar surface area (TPSA) is 67.4 Å². The first-order chi connectivity index (χ1) is 12.0. The van der Waals surface area contributed by atoms with Crippen LogP contribution in [-0.2, 0) is 19.7 Å². The fourth-order valence-electron chi connectivity index (χ4n) is 4.10. The minimum absolute atomic E-state index is 0.00296. The molecule has 5 heteroatoms. The number of hydrogen-bond acceptors (Lipinski definition) is 4. The molecule has 2 N–H and O–H groups in total. The standard InChI is InChI=1S/C20H28N2O3/c1-14-5-3-4-6-17(14)20(7-9-25-10-8-20)13-22-19(24)18-11-16(12-21-18)15(2)23/h3-6,16,18,21H,7-13H2,1-2H3,(H,22,24). The minimum atomic E-state index is -0.261. The number of amides is 1. The van der Waals surface area contributed by atoms with Crippen LogP contribution in [0.25, 0.3) is 0 Å². The fraction of sp³-hybridized carbons (Fsp3) is 0.600. The summed E-state index contributed by atoms with van der Waals surface area (Å²) in [7, 11) is 0. The average molecular weight is 344 g/mol. The molecule has 2 aliphatic rings. The lowest BCUT2D eigenvalue weighted by Gasteiger charge is -2.39. The number of nitrogens with one attached hydrogen (secondary N) is 2. The molecule has 2 aliphatic heterocycles. The van der Waals surface area contributed by atoms with Crippen molar-refractivity contribution in [2.24, 2.45) is 5.92 Å². The Labute approximate surface area is 149 Å². The molecule has 0 radical (unpaired) electrons. The highest BCUT2D eigenvalue weighted by atomic mass is 16.5. The van der Waals surface area contributed by atoms with Gasteiger partial charge in [0.2, 0.25) is 5.91 Å². The Bertz CT molecular complexity index is 638. The van der Waals surface area contributed by atoms with Crippen molar-refractivity contribution in [2.45, 2.75) is 44.6 Å². The van der Waals surface area contributed by atoms with E-state index in [-0.39, 0.29) is 29.1 Å². The van der Waals surface area contributed by atoms with E-state index >= 15 is 0 Å². The van der Waals surface area contributed by atoms with Crippen LogP contribution in [0, 0.1) is 12.8 Å². The number of carbonyl (C=O) groups excluding carboxylic acids is 2. The van der Waals surface area contributed by atoms with E-state index in [0.29, 0.717) is 19.5 Å². The molecule has 0 saturated carbocycles. The molecule has 5 nitrogen and oxygen atoms in total. The van der Waals surface area contributed by atoms with Crippen LogP contribution in [0.2, 0.25) is 0 Å². The van der Waals surface area contributed by atoms with Crippen LogP contribution in [-0.4, -0.2) is 44.0 Å². The first-order valence-electron chi connectivity index (χ1n) is 9.17. The van der Waals surface area contributed by atoms with Crippen molar-refractivity contribution < 1.29 is 14.3 Å². The summed E-state index contributed by atoms with van der Waals surface area (Å²) in [4.78, 5) is 24.1. The monoisotopic (exact) mass is 344 g/mol. The van der Waals surface area contributed by atoms with E-state index in [0.717, 1.165) is 26.1 Å². The van der Waals surface area contributed by atoms with Gasteiger partial charge < -0.3 is 15.4 Å². The molecule has 0 aromatic heterocycles. The molecule has 2 saturated heterocycles. The van der Waals surface area contributed by atoms with E-state index in [1.165, 1.54) is 11.1 Å². The van der Waals surface area contributed by atoms with Crippen LogP contribution in [0.5, 0.6) is 0 Å². The quantitative estimate of drug-likeness (QED) is 0.854. The van der Waals surface area contributed by atoms with Crippen molar-refractivity contribution in [3.05, 3.63) is 35.4 Å². The van der Waals surface area contributed by atoms with Gasteiger partial charge in [0.25, 0.3) is 0 Å². The Hall–Kier alpha value is -1.72. The predicted molar refractivity (Wildman–Crippen MR) is 96.5 cm³/mol. The van der Waals surface area contributed by atoms with Crippen LogP contribution >= 0.6 is 0 Å². The summed E-state index contributed by atoms with van der Waals surface area (Å²) in [5.41, 5.74) is 2.49. The summed E-state index contributed by atoms with van der Waals surface area (Å²) >= 11 is 0. The van der Waals surface area contributed by atoms with Crippen molar-refractivity contribution in [1.82, 2.24) is 10.6 Å². The number of carbonyl (C=O) groups is 2. The zero-order valence-corrected chi connectivity index (χ0v) is 15.1. The van der Waals surface area contributed by atoms with Crippen molar-refractivity contribution >= 4 is 11.7 Å². The zero-order valence-electron chi connectivity index (χ0n) is 15.1. The lowest BCUT2D eigenvalue weighted by molar-refractivity contribution is -0.123. The lowest BCUT2D eigenvalue weighted by atomic mass is 9.72. The highest BCUT2D eigenvalue weighted by molar-refractivity contribution is 5.85. The van der Waals surface area contributed by atoms with Gasteiger partial charge in [-0.3, -0.25) is 9.59 Å². The Morgan fingerprint density at radius 2 is 2.00 bits per heavy atom. The molecule has 2 unspecified atom stereocenters. The maximum absolute atomic E-state index is 12.6. The smallest absolute Gasteiger partial charge is 0.237 e. The van der Waals surface area contributed by atoms with Crippen molar-refractivity contribution in [1.29, 1.82) is 0 Å². The largest absolute Gasteiger partial charge is 0.381 e. The van der Waals surface area contributed by atoms with Gasteiger partial charge in [-0.05, 0) is 44.2 Å². The number of hydrogen-bond donors (Lipinski definition) is 2. The van der Waals surface area contributed by atoms with Gasteiger partial charge in [-0.1, -0.05) is 24.3 Å². The summed E-state index contributed by atoms with van der Waals surface area (Å²) < 4.78 is 5.57. The Kier molecular flexibility index (Phi) is 5.54. The second kappa shape index (κ2) is 7.67. The number of rotatable bonds is 5. The molecular formula is C20H28N2O3. The predicted octanol–water partition coefficient (Wildman–Crippen LogP) is 1.73. The fourth-order valence-corrected chi connectivity index (χ4v) is 4.10. The third kappa shape index (κ3) is 3.93. The second-order valence-electron chi connectivity index (χ2n) is 7.43. The van der Waals surface area contributed by atoms with Gasteiger partial charge in [0, 0.05) is 37.6 Å². The molecule has 2 fully saturated rings. The summed E-state index contributed by atoms with van der Waals surface area (Å²) in [6.07, 6.45) is 2.42. The van der Waals surface area contributed by atoms with E-state index in [1.807, 2.05) is 0 Å². The van der Waals surface area contributed by atoms with Gasteiger partial charge in [-0.25, -0.2) is 0 Å². The van der Waals surface area contributed by atoms with Crippen LogP contribution in [0.15, 0.2) is 24.3 Å². The van der Waals surface area contributed by atoms with Crippen molar-refractivity contribution in [2.75, 3.05) is 26.3 Å². The first kappa shape index (κ1) is 18.1.